The highest BCUT2D eigenvalue weighted by molar-refractivity contribution is 9.10. The zero-order valence-electron chi connectivity index (χ0n) is 5.96. The lowest BCUT2D eigenvalue weighted by Gasteiger charge is -1.96. The summed E-state index contributed by atoms with van der Waals surface area (Å²) in [5, 5.41) is 1.65. The van der Waals surface area contributed by atoms with Crippen molar-refractivity contribution >= 4 is 38.4 Å². The van der Waals surface area contributed by atoms with E-state index < -0.39 is 0 Å². The molecule has 2 aromatic rings. The van der Waals surface area contributed by atoms with E-state index in [1.165, 1.54) is 0 Å². The Morgan fingerprint density at radius 1 is 1.33 bits per heavy atom. The zero-order valence-corrected chi connectivity index (χ0v) is 8.30. The van der Waals surface area contributed by atoms with Crippen LogP contribution >= 0.6 is 27.5 Å². The third kappa shape index (κ3) is 1.42. The van der Waals surface area contributed by atoms with Gasteiger partial charge in [0.05, 0.1) is 5.52 Å². The van der Waals surface area contributed by atoms with Gasteiger partial charge in [-0.2, -0.15) is 0 Å². The first-order valence-corrected chi connectivity index (χ1v) is 4.50. The molecule has 1 aromatic heterocycles. The average Bonchev–Trinajstić information content (AvgIpc) is 2.05. The maximum atomic E-state index is 5.79. The highest BCUT2D eigenvalue weighted by Gasteiger charge is 1.96. The first kappa shape index (κ1) is 7.95. The molecule has 0 aliphatic heterocycles. The number of fused-ring (bicyclic) bond motifs is 1. The summed E-state index contributed by atoms with van der Waals surface area (Å²) in [7, 11) is 0. The van der Waals surface area contributed by atoms with Gasteiger partial charge in [-0.25, -0.2) is 9.97 Å². The van der Waals surface area contributed by atoms with Crippen LogP contribution in [0.2, 0.25) is 5.02 Å². The Kier molecular flexibility index (Phi) is 1.98. The van der Waals surface area contributed by atoms with Gasteiger partial charge in [-0.15, -0.1) is 0 Å². The molecule has 2 rings (SSSR count). The lowest BCUT2D eigenvalue weighted by molar-refractivity contribution is 1.16. The Morgan fingerprint density at radius 2 is 2.17 bits per heavy atom. The number of halogens is 2. The monoisotopic (exact) mass is 242 g/mol. The van der Waals surface area contributed by atoms with Crippen LogP contribution in [0.25, 0.3) is 10.9 Å². The van der Waals surface area contributed by atoms with Gasteiger partial charge in [0.2, 0.25) is 0 Å². The lowest BCUT2D eigenvalue weighted by Crippen LogP contribution is -1.83. The molecule has 2 nitrogen and oxygen atoms in total. The van der Waals surface area contributed by atoms with Crippen molar-refractivity contribution < 1.29 is 0 Å². The third-order valence-corrected chi connectivity index (χ3v) is 2.13. The molecule has 12 heavy (non-hydrogen) atoms. The van der Waals surface area contributed by atoms with E-state index in [0.29, 0.717) is 9.76 Å². The summed E-state index contributed by atoms with van der Waals surface area (Å²) in [6.45, 7) is 0. The van der Waals surface area contributed by atoms with Crippen LogP contribution in [0.1, 0.15) is 0 Å². The van der Waals surface area contributed by atoms with Crippen LogP contribution in [-0.2, 0) is 0 Å². The Labute approximate surface area is 82.7 Å². The number of hydrogen-bond acceptors (Lipinski definition) is 2. The molecule has 60 valence electrons. The third-order valence-electron chi connectivity index (χ3n) is 1.51. The summed E-state index contributed by atoms with van der Waals surface area (Å²) in [5.41, 5.74) is 0.890. The molecule has 0 radical (unpaired) electrons. The number of aromatic nitrogens is 2. The first-order valence-electron chi connectivity index (χ1n) is 3.33. The molecule has 0 amide bonds. The van der Waals surface area contributed by atoms with Crippen LogP contribution in [0.5, 0.6) is 0 Å². The molecule has 1 aromatic carbocycles. The van der Waals surface area contributed by atoms with E-state index in [4.69, 9.17) is 11.6 Å². The van der Waals surface area contributed by atoms with Gasteiger partial charge in [-0.3, -0.25) is 0 Å². The highest BCUT2D eigenvalue weighted by Crippen LogP contribution is 2.17. The second-order valence-electron chi connectivity index (χ2n) is 2.34. The van der Waals surface area contributed by atoms with Crippen molar-refractivity contribution in [3.8, 4) is 0 Å². The Hall–Kier alpha value is -0.670. The molecule has 0 spiro atoms. The molecule has 0 bridgehead atoms. The summed E-state index contributed by atoms with van der Waals surface area (Å²) in [5.74, 6) is 0. The second kappa shape index (κ2) is 2.99. The topological polar surface area (TPSA) is 25.8 Å². The van der Waals surface area contributed by atoms with E-state index in [9.17, 15) is 0 Å². The van der Waals surface area contributed by atoms with Crippen LogP contribution in [0.4, 0.5) is 0 Å². The van der Waals surface area contributed by atoms with Crippen molar-refractivity contribution in [3.63, 3.8) is 0 Å². The van der Waals surface area contributed by atoms with E-state index in [-0.39, 0.29) is 0 Å². The molecule has 1 heterocycles. The Bertz CT molecular complexity index is 389. The minimum atomic E-state index is 0.595. The van der Waals surface area contributed by atoms with Gasteiger partial charge in [-0.05, 0) is 34.1 Å². The van der Waals surface area contributed by atoms with E-state index in [1.807, 2.05) is 18.2 Å². The van der Waals surface area contributed by atoms with Crippen LogP contribution < -0.4 is 0 Å². The minimum absolute atomic E-state index is 0.595. The van der Waals surface area contributed by atoms with Crippen molar-refractivity contribution in [2.45, 2.75) is 0 Å². The molecule has 0 fully saturated rings. The van der Waals surface area contributed by atoms with E-state index in [2.05, 4.69) is 25.9 Å². The maximum Gasteiger partial charge on any atom is 0.197 e. The van der Waals surface area contributed by atoms with Gasteiger partial charge in [0.25, 0.3) is 0 Å². The molecular weight excluding hydrogens is 239 g/mol. The lowest BCUT2D eigenvalue weighted by atomic mass is 10.2. The SMILES string of the molecule is Clc1ccc2nc(Br)ncc2c1. The fourth-order valence-electron chi connectivity index (χ4n) is 0.982. The quantitative estimate of drug-likeness (QED) is 0.665. The molecule has 0 aliphatic rings. The fourth-order valence-corrected chi connectivity index (χ4v) is 1.46. The van der Waals surface area contributed by atoms with Gasteiger partial charge >= 0.3 is 0 Å². The van der Waals surface area contributed by atoms with Crippen molar-refractivity contribution in [2.24, 2.45) is 0 Å². The van der Waals surface area contributed by atoms with Crippen molar-refractivity contribution in [2.75, 3.05) is 0 Å². The predicted molar refractivity (Wildman–Crippen MR) is 52.2 cm³/mol. The molecular formula is C8H4BrClN2. The summed E-state index contributed by atoms with van der Waals surface area (Å²) in [4.78, 5) is 8.16. The van der Waals surface area contributed by atoms with Gasteiger partial charge in [-0.1, -0.05) is 11.6 Å². The number of nitrogens with zero attached hydrogens (tertiary/aromatic N) is 2. The second-order valence-corrected chi connectivity index (χ2v) is 3.49. The van der Waals surface area contributed by atoms with E-state index in [0.717, 1.165) is 10.9 Å². The van der Waals surface area contributed by atoms with Crippen LogP contribution in [0.15, 0.2) is 29.1 Å². The number of rotatable bonds is 0. The molecule has 0 unspecified atom stereocenters. The predicted octanol–water partition coefficient (Wildman–Crippen LogP) is 3.05. The summed E-state index contributed by atoms with van der Waals surface area (Å²) in [6, 6.07) is 5.51. The summed E-state index contributed by atoms with van der Waals surface area (Å²) >= 11 is 8.99. The highest BCUT2D eigenvalue weighted by atomic mass is 79.9. The first-order chi connectivity index (χ1) is 5.75. The Balaban J connectivity index is 2.79. The zero-order chi connectivity index (χ0) is 8.55. The molecule has 0 N–H and O–H groups in total. The van der Waals surface area contributed by atoms with Crippen molar-refractivity contribution in [1.29, 1.82) is 0 Å². The smallest absolute Gasteiger partial charge is 0.197 e. The minimum Gasteiger partial charge on any atom is -0.230 e. The molecule has 0 saturated heterocycles. The molecule has 0 atom stereocenters. The number of benzene rings is 1. The largest absolute Gasteiger partial charge is 0.230 e. The van der Waals surface area contributed by atoms with Gasteiger partial charge in [0.15, 0.2) is 4.73 Å². The van der Waals surface area contributed by atoms with E-state index in [1.54, 1.807) is 6.20 Å². The Morgan fingerprint density at radius 3 is 3.00 bits per heavy atom. The van der Waals surface area contributed by atoms with Gasteiger partial charge < -0.3 is 0 Å². The van der Waals surface area contributed by atoms with Crippen molar-refractivity contribution in [3.05, 3.63) is 34.2 Å². The number of hydrogen-bond donors (Lipinski definition) is 0. The van der Waals surface area contributed by atoms with Crippen molar-refractivity contribution in [1.82, 2.24) is 9.97 Å². The van der Waals surface area contributed by atoms with E-state index >= 15 is 0 Å². The summed E-state index contributed by atoms with van der Waals surface area (Å²) in [6.07, 6.45) is 1.73. The van der Waals surface area contributed by atoms with Gasteiger partial charge in [0.1, 0.15) is 0 Å². The standard InChI is InChI=1S/C8H4BrClN2/c9-8-11-4-5-3-6(10)1-2-7(5)12-8/h1-4H. The average molecular weight is 243 g/mol. The maximum absolute atomic E-state index is 5.79. The van der Waals surface area contributed by atoms with Crippen LogP contribution in [0.3, 0.4) is 0 Å². The summed E-state index contributed by atoms with van der Waals surface area (Å²) < 4.78 is 0.595. The van der Waals surface area contributed by atoms with Crippen LogP contribution in [-0.4, -0.2) is 9.97 Å². The molecule has 0 saturated carbocycles. The molecule has 0 aliphatic carbocycles. The van der Waals surface area contributed by atoms with Crippen LogP contribution in [0, 0.1) is 0 Å². The normalized spacial score (nSPS) is 10.5. The van der Waals surface area contributed by atoms with Gasteiger partial charge in [0, 0.05) is 16.6 Å². The fraction of sp³-hybridized carbons (Fsp3) is 0. The molecule has 4 heteroatoms.